The number of aromatic amines is 1. The molecule has 0 saturated carbocycles. The molecular weight excluding hydrogens is 228 g/mol. The van der Waals surface area contributed by atoms with Gasteiger partial charge >= 0.3 is 0 Å². The lowest BCUT2D eigenvalue weighted by Crippen LogP contribution is -1.87. The Morgan fingerprint density at radius 1 is 1.75 bits per heavy atom. The van der Waals surface area contributed by atoms with E-state index in [9.17, 15) is 0 Å². The van der Waals surface area contributed by atoms with Crippen LogP contribution >= 0.6 is 45.1 Å². The number of rotatable bonds is 4. The van der Waals surface area contributed by atoms with Gasteiger partial charge in [0.2, 0.25) is 0 Å². The van der Waals surface area contributed by atoms with Crippen molar-refractivity contribution in [3.63, 3.8) is 0 Å². The standard InChI is InChI=1S/C6H10N2S4/c1-3-4(2)11-12-6-8-7-5(9)10-6/h4H,3H2,1-2H3,(H,7,9). The molecule has 0 aliphatic rings. The van der Waals surface area contributed by atoms with Gasteiger partial charge in [-0.2, -0.15) is 5.10 Å². The maximum absolute atomic E-state index is 4.92. The van der Waals surface area contributed by atoms with Crippen LogP contribution in [0.3, 0.4) is 0 Å². The van der Waals surface area contributed by atoms with E-state index in [4.69, 9.17) is 12.2 Å². The minimum Gasteiger partial charge on any atom is -0.257 e. The third-order valence-electron chi connectivity index (χ3n) is 1.28. The van der Waals surface area contributed by atoms with Crippen molar-refractivity contribution in [1.82, 2.24) is 10.2 Å². The Bertz CT molecular complexity index is 279. The zero-order chi connectivity index (χ0) is 8.97. The summed E-state index contributed by atoms with van der Waals surface area (Å²) in [6, 6.07) is 0. The Hall–Kier alpha value is 0.480. The predicted octanol–water partition coefficient (Wildman–Crippen LogP) is 3.74. The van der Waals surface area contributed by atoms with Crippen LogP contribution in [0.5, 0.6) is 0 Å². The molecule has 0 aliphatic carbocycles. The molecular formula is C6H10N2S4. The van der Waals surface area contributed by atoms with E-state index in [0.717, 1.165) is 8.29 Å². The van der Waals surface area contributed by atoms with E-state index in [1.807, 2.05) is 10.8 Å². The van der Waals surface area contributed by atoms with Crippen LogP contribution in [0, 0.1) is 3.95 Å². The molecule has 6 heteroatoms. The molecule has 1 unspecified atom stereocenters. The van der Waals surface area contributed by atoms with E-state index in [1.165, 1.54) is 17.8 Å². The van der Waals surface area contributed by atoms with Gasteiger partial charge in [0.05, 0.1) is 0 Å². The summed E-state index contributed by atoms with van der Waals surface area (Å²) in [5.41, 5.74) is 0. The van der Waals surface area contributed by atoms with E-state index in [2.05, 4.69) is 24.0 Å². The van der Waals surface area contributed by atoms with Gasteiger partial charge in [-0.3, -0.25) is 5.10 Å². The van der Waals surface area contributed by atoms with Crippen molar-refractivity contribution < 1.29 is 0 Å². The molecule has 0 fully saturated rings. The molecule has 1 aromatic rings. The van der Waals surface area contributed by atoms with Crippen LogP contribution in [-0.4, -0.2) is 15.4 Å². The van der Waals surface area contributed by atoms with Crippen LogP contribution in [0.15, 0.2) is 4.34 Å². The normalized spacial score (nSPS) is 13.2. The largest absolute Gasteiger partial charge is 0.257 e. The van der Waals surface area contributed by atoms with Crippen molar-refractivity contribution in [2.24, 2.45) is 0 Å². The fourth-order valence-corrected chi connectivity index (χ4v) is 4.00. The number of nitrogens with one attached hydrogen (secondary N) is 1. The molecule has 0 spiro atoms. The number of hydrogen-bond acceptors (Lipinski definition) is 5. The van der Waals surface area contributed by atoms with Gasteiger partial charge in [-0.15, -0.1) is 0 Å². The Balaban J connectivity index is 2.38. The van der Waals surface area contributed by atoms with Gasteiger partial charge in [0.25, 0.3) is 0 Å². The van der Waals surface area contributed by atoms with Crippen molar-refractivity contribution >= 4 is 45.1 Å². The molecule has 0 amide bonds. The first-order valence-corrected chi connectivity index (χ1v) is 7.05. The quantitative estimate of drug-likeness (QED) is 0.639. The van der Waals surface area contributed by atoms with Crippen LogP contribution in [-0.2, 0) is 0 Å². The van der Waals surface area contributed by atoms with Crippen molar-refractivity contribution in [2.45, 2.75) is 29.9 Å². The van der Waals surface area contributed by atoms with Gasteiger partial charge < -0.3 is 0 Å². The molecule has 1 atom stereocenters. The maximum Gasteiger partial charge on any atom is 0.183 e. The monoisotopic (exact) mass is 238 g/mol. The second-order valence-corrected chi connectivity index (χ2v) is 6.83. The van der Waals surface area contributed by atoms with E-state index in [-0.39, 0.29) is 0 Å². The van der Waals surface area contributed by atoms with Crippen LogP contribution in [0.4, 0.5) is 0 Å². The van der Waals surface area contributed by atoms with Gasteiger partial charge in [0.1, 0.15) is 0 Å². The van der Waals surface area contributed by atoms with E-state index < -0.39 is 0 Å². The Morgan fingerprint density at radius 3 is 3.00 bits per heavy atom. The van der Waals surface area contributed by atoms with E-state index in [0.29, 0.717) is 5.25 Å². The molecule has 0 aromatic carbocycles. The van der Waals surface area contributed by atoms with Gasteiger partial charge in [0, 0.05) is 5.25 Å². The summed E-state index contributed by atoms with van der Waals surface area (Å²) >= 11 is 6.45. The molecule has 0 radical (unpaired) electrons. The highest BCUT2D eigenvalue weighted by Crippen LogP contribution is 2.36. The van der Waals surface area contributed by atoms with Crippen LogP contribution in [0.25, 0.3) is 0 Å². The number of aromatic nitrogens is 2. The van der Waals surface area contributed by atoms with Gasteiger partial charge in [0.15, 0.2) is 8.29 Å². The van der Waals surface area contributed by atoms with Gasteiger partial charge in [-0.05, 0) is 29.4 Å². The minimum absolute atomic E-state index is 0.674. The molecule has 2 nitrogen and oxygen atoms in total. The average molecular weight is 238 g/mol. The van der Waals surface area contributed by atoms with Crippen molar-refractivity contribution in [1.29, 1.82) is 0 Å². The molecule has 1 rings (SSSR count). The van der Waals surface area contributed by atoms with E-state index >= 15 is 0 Å². The fourth-order valence-electron chi connectivity index (χ4n) is 0.443. The molecule has 1 N–H and O–H groups in total. The molecule has 0 saturated heterocycles. The Kier molecular flexibility index (Phi) is 4.63. The topological polar surface area (TPSA) is 28.7 Å². The summed E-state index contributed by atoms with van der Waals surface area (Å²) in [7, 11) is 3.54. The summed E-state index contributed by atoms with van der Waals surface area (Å²) in [5, 5.41) is 7.49. The van der Waals surface area contributed by atoms with Crippen LogP contribution < -0.4 is 0 Å². The highest BCUT2D eigenvalue weighted by atomic mass is 33.1. The first-order valence-electron chi connectivity index (χ1n) is 3.61. The second-order valence-electron chi connectivity index (χ2n) is 2.28. The number of hydrogen-bond donors (Lipinski definition) is 1. The lowest BCUT2D eigenvalue weighted by molar-refractivity contribution is 0.912. The van der Waals surface area contributed by atoms with Gasteiger partial charge in [-0.1, -0.05) is 36.0 Å². The molecule has 0 bridgehead atoms. The summed E-state index contributed by atoms with van der Waals surface area (Å²) in [6.07, 6.45) is 1.19. The zero-order valence-electron chi connectivity index (χ0n) is 6.86. The lowest BCUT2D eigenvalue weighted by atomic mass is 10.4. The second kappa shape index (κ2) is 5.26. The number of nitrogens with zero attached hydrogens (tertiary/aromatic N) is 1. The summed E-state index contributed by atoms with van der Waals surface area (Å²) < 4.78 is 1.77. The first-order chi connectivity index (χ1) is 5.72. The van der Waals surface area contributed by atoms with E-state index in [1.54, 1.807) is 10.8 Å². The average Bonchev–Trinajstić information content (AvgIpc) is 2.47. The SMILES string of the molecule is CCC(C)SSc1n[nH]c(=S)s1. The molecule has 1 heterocycles. The predicted molar refractivity (Wildman–Crippen MR) is 60.5 cm³/mol. The third kappa shape index (κ3) is 3.47. The maximum atomic E-state index is 4.92. The fraction of sp³-hybridized carbons (Fsp3) is 0.667. The van der Waals surface area contributed by atoms with Crippen LogP contribution in [0.1, 0.15) is 20.3 Å². The minimum atomic E-state index is 0.674. The lowest BCUT2D eigenvalue weighted by Gasteiger charge is -2.03. The number of H-pyrrole nitrogens is 1. The third-order valence-corrected chi connectivity index (χ3v) is 5.72. The van der Waals surface area contributed by atoms with Crippen molar-refractivity contribution in [2.75, 3.05) is 0 Å². The summed E-state index contributed by atoms with van der Waals surface area (Å²) in [5.74, 6) is 0. The highest BCUT2D eigenvalue weighted by Gasteiger charge is 2.03. The van der Waals surface area contributed by atoms with Crippen molar-refractivity contribution in [3.05, 3.63) is 3.95 Å². The smallest absolute Gasteiger partial charge is 0.183 e. The zero-order valence-corrected chi connectivity index (χ0v) is 10.1. The first kappa shape index (κ1) is 10.6. The molecule has 12 heavy (non-hydrogen) atoms. The van der Waals surface area contributed by atoms with Crippen molar-refractivity contribution in [3.8, 4) is 0 Å². The highest BCUT2D eigenvalue weighted by molar-refractivity contribution is 8.77. The molecule has 68 valence electrons. The molecule has 0 aliphatic heterocycles. The summed E-state index contributed by atoms with van der Waals surface area (Å²) in [6.45, 7) is 4.40. The summed E-state index contributed by atoms with van der Waals surface area (Å²) in [4.78, 5) is 0. The molecule has 1 aromatic heterocycles. The van der Waals surface area contributed by atoms with Crippen LogP contribution in [0.2, 0.25) is 0 Å². The Labute approximate surface area is 88.9 Å². The Morgan fingerprint density at radius 2 is 2.50 bits per heavy atom. The van der Waals surface area contributed by atoms with Gasteiger partial charge in [-0.25, -0.2) is 0 Å².